The summed E-state index contributed by atoms with van der Waals surface area (Å²) in [6.07, 6.45) is 7.93. The van der Waals surface area contributed by atoms with Crippen LogP contribution in [0.25, 0.3) is 6.08 Å². The number of carbonyl (C=O) groups is 1. The molecule has 0 unspecified atom stereocenters. The number of thioether (sulfide) groups is 2. The summed E-state index contributed by atoms with van der Waals surface area (Å²) in [4.78, 5) is 12.9. The van der Waals surface area contributed by atoms with Gasteiger partial charge in [-0.05, 0) is 31.1 Å². The first-order valence-electron chi connectivity index (χ1n) is 7.32. The Morgan fingerprint density at radius 1 is 0.913 bits per heavy atom. The van der Waals surface area contributed by atoms with Gasteiger partial charge in [-0.3, -0.25) is 4.79 Å². The molecule has 0 N–H and O–H groups in total. The van der Waals surface area contributed by atoms with E-state index in [2.05, 4.69) is 0 Å². The molecule has 2 aromatic carbocycles. The number of benzene rings is 2. The molecular weight excluding hydrogens is 320 g/mol. The van der Waals surface area contributed by atoms with Gasteiger partial charge in [0, 0.05) is 11.1 Å². The maximum Gasteiger partial charge on any atom is 0.194 e. The van der Waals surface area contributed by atoms with Crippen molar-refractivity contribution in [3.63, 3.8) is 0 Å². The Bertz CT molecular complexity index is 707. The molecule has 3 heteroatoms. The molecule has 0 aliphatic heterocycles. The summed E-state index contributed by atoms with van der Waals surface area (Å²) < 4.78 is 1.03. The molecule has 0 radical (unpaired) electrons. The minimum atomic E-state index is 0.0656. The van der Waals surface area contributed by atoms with Crippen LogP contribution in [0.2, 0.25) is 0 Å². The molecule has 0 saturated heterocycles. The number of carbonyl (C=O) groups excluding carboxylic acids is 1. The molecule has 0 amide bonds. The van der Waals surface area contributed by atoms with E-state index in [-0.39, 0.29) is 5.78 Å². The van der Waals surface area contributed by atoms with Gasteiger partial charge in [0.15, 0.2) is 5.78 Å². The van der Waals surface area contributed by atoms with Gasteiger partial charge >= 0.3 is 0 Å². The van der Waals surface area contributed by atoms with Crippen molar-refractivity contribution in [3.8, 4) is 0 Å². The number of hydrogen-bond donors (Lipinski definition) is 0. The standard InChI is InChI=1S/C20H20OS2/c1-15-9-12-17(13-10-15)19(21)18(20(22-2)23-3)14-11-16-7-5-4-6-8-16/h4-14H,1-3H3/b14-11+. The lowest BCUT2D eigenvalue weighted by Gasteiger charge is -2.08. The molecule has 0 fully saturated rings. The normalized spacial score (nSPS) is 10.7. The fourth-order valence-electron chi connectivity index (χ4n) is 2.14. The van der Waals surface area contributed by atoms with Crippen molar-refractivity contribution in [1.29, 1.82) is 0 Å². The Morgan fingerprint density at radius 2 is 1.52 bits per heavy atom. The van der Waals surface area contributed by atoms with Gasteiger partial charge < -0.3 is 0 Å². The largest absolute Gasteiger partial charge is 0.289 e. The third kappa shape index (κ3) is 4.88. The maximum atomic E-state index is 12.9. The molecule has 23 heavy (non-hydrogen) atoms. The highest BCUT2D eigenvalue weighted by molar-refractivity contribution is 8.21. The van der Waals surface area contributed by atoms with Crippen LogP contribution in [0.15, 0.2) is 70.5 Å². The lowest BCUT2D eigenvalue weighted by molar-refractivity contribution is 0.103. The number of hydrogen-bond acceptors (Lipinski definition) is 3. The summed E-state index contributed by atoms with van der Waals surface area (Å²) >= 11 is 3.22. The van der Waals surface area contributed by atoms with Crippen molar-refractivity contribution in [2.45, 2.75) is 6.92 Å². The molecule has 0 heterocycles. The molecule has 0 atom stereocenters. The monoisotopic (exact) mass is 340 g/mol. The summed E-state index contributed by atoms with van der Waals surface area (Å²) in [6, 6.07) is 17.8. The van der Waals surface area contributed by atoms with Crippen molar-refractivity contribution < 1.29 is 4.79 Å². The molecule has 2 aromatic rings. The van der Waals surface area contributed by atoms with Crippen molar-refractivity contribution >= 4 is 35.4 Å². The van der Waals surface area contributed by atoms with Crippen molar-refractivity contribution in [2.75, 3.05) is 12.5 Å². The van der Waals surface area contributed by atoms with E-state index >= 15 is 0 Å². The van der Waals surface area contributed by atoms with Crippen LogP contribution in [-0.2, 0) is 0 Å². The van der Waals surface area contributed by atoms with Gasteiger partial charge in [0.2, 0.25) is 0 Å². The Morgan fingerprint density at radius 3 is 2.09 bits per heavy atom. The summed E-state index contributed by atoms with van der Waals surface area (Å²) in [7, 11) is 0. The van der Waals surface area contributed by atoms with Crippen molar-refractivity contribution in [2.24, 2.45) is 0 Å². The van der Waals surface area contributed by atoms with Gasteiger partial charge in [-0.2, -0.15) is 0 Å². The minimum absolute atomic E-state index is 0.0656. The molecule has 0 aliphatic rings. The number of rotatable bonds is 6. The zero-order valence-electron chi connectivity index (χ0n) is 13.6. The Hall–Kier alpha value is -1.71. The molecule has 118 valence electrons. The predicted octanol–water partition coefficient (Wildman–Crippen LogP) is 5.83. The van der Waals surface area contributed by atoms with E-state index in [1.165, 1.54) is 0 Å². The SMILES string of the molecule is CSC(SC)=C(/C=C/c1ccccc1)C(=O)c1ccc(C)cc1. The average molecular weight is 341 g/mol. The fourth-order valence-corrected chi connectivity index (χ4v) is 3.57. The third-order valence-electron chi connectivity index (χ3n) is 3.39. The second kappa shape index (κ2) is 8.80. The second-order valence-corrected chi connectivity index (χ2v) is 6.94. The van der Waals surface area contributed by atoms with Crippen LogP contribution in [0.3, 0.4) is 0 Å². The highest BCUT2D eigenvalue weighted by atomic mass is 32.2. The van der Waals surface area contributed by atoms with Crippen molar-refractivity contribution in [3.05, 3.63) is 87.2 Å². The van der Waals surface area contributed by atoms with E-state index in [9.17, 15) is 4.79 Å². The number of allylic oxidation sites excluding steroid dienone is 2. The molecule has 0 aliphatic carbocycles. The summed E-state index contributed by atoms with van der Waals surface area (Å²) in [5, 5.41) is 0. The van der Waals surface area contributed by atoms with Crippen LogP contribution >= 0.6 is 23.5 Å². The summed E-state index contributed by atoms with van der Waals surface area (Å²) in [5.74, 6) is 0.0656. The van der Waals surface area contributed by atoms with Crippen LogP contribution < -0.4 is 0 Å². The van der Waals surface area contributed by atoms with Crippen LogP contribution in [-0.4, -0.2) is 18.3 Å². The minimum Gasteiger partial charge on any atom is -0.289 e. The Labute approximate surface area is 146 Å². The zero-order chi connectivity index (χ0) is 16.7. The van der Waals surface area contributed by atoms with Gasteiger partial charge in [-0.1, -0.05) is 66.2 Å². The van der Waals surface area contributed by atoms with Gasteiger partial charge in [-0.15, -0.1) is 23.5 Å². The Kier molecular flexibility index (Phi) is 6.75. The lowest BCUT2D eigenvalue weighted by Crippen LogP contribution is -2.03. The maximum absolute atomic E-state index is 12.9. The molecule has 0 bridgehead atoms. The zero-order valence-corrected chi connectivity index (χ0v) is 15.2. The van der Waals surface area contributed by atoms with Crippen LogP contribution in [0.1, 0.15) is 21.5 Å². The first kappa shape index (κ1) is 17.6. The number of Topliss-reactive ketones (excluding diaryl/α,β-unsaturated/α-hetero) is 1. The number of aryl methyl sites for hydroxylation is 1. The molecule has 0 saturated carbocycles. The van der Waals surface area contributed by atoms with Gasteiger partial charge in [0.25, 0.3) is 0 Å². The van der Waals surface area contributed by atoms with E-state index in [0.717, 1.165) is 26.5 Å². The van der Waals surface area contributed by atoms with E-state index in [1.54, 1.807) is 23.5 Å². The Balaban J connectivity index is 2.39. The first-order valence-corrected chi connectivity index (χ1v) is 9.77. The molecule has 1 nitrogen and oxygen atoms in total. The second-order valence-electron chi connectivity index (χ2n) is 5.05. The van der Waals surface area contributed by atoms with E-state index < -0.39 is 0 Å². The molecule has 0 spiro atoms. The highest BCUT2D eigenvalue weighted by Crippen LogP contribution is 2.30. The van der Waals surface area contributed by atoms with Crippen molar-refractivity contribution in [1.82, 2.24) is 0 Å². The number of ketones is 1. The van der Waals surface area contributed by atoms with Crippen LogP contribution in [0.4, 0.5) is 0 Å². The van der Waals surface area contributed by atoms with Crippen LogP contribution in [0, 0.1) is 6.92 Å². The first-order chi connectivity index (χ1) is 11.2. The molecule has 2 rings (SSSR count). The average Bonchev–Trinajstić information content (AvgIpc) is 2.59. The van der Waals surface area contributed by atoms with Crippen LogP contribution in [0.5, 0.6) is 0 Å². The van der Waals surface area contributed by atoms with Gasteiger partial charge in [0.05, 0.1) is 4.24 Å². The predicted molar refractivity (Wildman–Crippen MR) is 105 cm³/mol. The van der Waals surface area contributed by atoms with E-state index in [0.29, 0.717) is 0 Å². The quantitative estimate of drug-likeness (QED) is 0.374. The third-order valence-corrected chi connectivity index (χ3v) is 5.57. The summed E-state index contributed by atoms with van der Waals surface area (Å²) in [6.45, 7) is 2.02. The van der Waals surface area contributed by atoms with E-state index in [1.807, 2.05) is 86.2 Å². The smallest absolute Gasteiger partial charge is 0.194 e. The fraction of sp³-hybridized carbons (Fsp3) is 0.150. The van der Waals surface area contributed by atoms with Gasteiger partial charge in [-0.25, -0.2) is 0 Å². The lowest BCUT2D eigenvalue weighted by atomic mass is 10.0. The molecular formula is C20H20OS2. The topological polar surface area (TPSA) is 17.1 Å². The highest BCUT2D eigenvalue weighted by Gasteiger charge is 2.14. The summed E-state index contributed by atoms with van der Waals surface area (Å²) in [5.41, 5.74) is 3.71. The van der Waals surface area contributed by atoms with E-state index in [4.69, 9.17) is 0 Å². The molecule has 0 aromatic heterocycles. The van der Waals surface area contributed by atoms with Gasteiger partial charge in [0.1, 0.15) is 0 Å².